The van der Waals surface area contributed by atoms with Crippen LogP contribution in [0.1, 0.15) is 199 Å². The second-order valence-corrected chi connectivity index (χ2v) is 25.8. The molecule has 10 rings (SSSR count). The smallest absolute Gasteiger partial charge is 0.166 e. The van der Waals surface area contributed by atoms with Gasteiger partial charge in [0, 0.05) is 11.1 Å². The lowest BCUT2D eigenvalue weighted by Gasteiger charge is -2.47. The summed E-state index contributed by atoms with van der Waals surface area (Å²) in [6, 6.07) is 43.4. The van der Waals surface area contributed by atoms with E-state index in [1.165, 1.54) is 122 Å². The van der Waals surface area contributed by atoms with Crippen LogP contribution < -0.4 is 18.9 Å². The molecule has 8 nitrogen and oxygen atoms in total. The minimum absolute atomic E-state index is 0.0440. The molecule has 0 aromatic heterocycles. The monoisotopic (exact) mass is 1110 g/mol. The van der Waals surface area contributed by atoms with Crippen molar-refractivity contribution in [3.05, 3.63) is 166 Å². The van der Waals surface area contributed by atoms with E-state index in [9.17, 15) is 20.4 Å². The van der Waals surface area contributed by atoms with Gasteiger partial charge in [-0.25, -0.2) is 0 Å². The molecular weight excluding hydrogens is 1020 g/mol. The fourth-order valence-corrected chi connectivity index (χ4v) is 16.0. The summed E-state index contributed by atoms with van der Waals surface area (Å²) in [6.07, 6.45) is 19.9. The Labute approximate surface area is 491 Å². The zero-order valence-electron chi connectivity index (χ0n) is 50.7. The Bertz CT molecular complexity index is 2760. The summed E-state index contributed by atoms with van der Waals surface area (Å²) in [5.74, 6) is 8.19. The van der Waals surface area contributed by atoms with Crippen molar-refractivity contribution >= 4 is 0 Å². The van der Waals surface area contributed by atoms with E-state index >= 15 is 0 Å². The average Bonchev–Trinajstić information content (AvgIpc) is 3.65. The highest BCUT2D eigenvalue weighted by atomic mass is 16.5. The number of ether oxygens (including phenoxy) is 4. The summed E-state index contributed by atoms with van der Waals surface area (Å²) in [5.41, 5.74) is 14.4. The minimum Gasteiger partial charge on any atom is -0.497 e. The number of hydrogen-bond donors (Lipinski definition) is 4. The molecule has 6 aromatic rings. The van der Waals surface area contributed by atoms with Crippen LogP contribution in [0.25, 0.3) is 22.3 Å². The molecule has 0 spiro atoms. The molecular formula is C74H96O8. The molecule has 0 aliphatic heterocycles. The number of benzene rings is 6. The molecule has 0 saturated heterocycles. The van der Waals surface area contributed by atoms with Crippen molar-refractivity contribution in [2.24, 2.45) is 34.5 Å². The van der Waals surface area contributed by atoms with Gasteiger partial charge in [0.1, 0.15) is 11.5 Å². The number of rotatable bonds is 18. The van der Waals surface area contributed by atoms with Gasteiger partial charge in [0.2, 0.25) is 0 Å². The van der Waals surface area contributed by atoms with Crippen molar-refractivity contribution in [3.8, 4) is 45.3 Å². The van der Waals surface area contributed by atoms with Crippen LogP contribution in [0.2, 0.25) is 0 Å². The molecule has 8 heteroatoms. The molecule has 4 aliphatic rings. The van der Waals surface area contributed by atoms with Crippen molar-refractivity contribution in [2.45, 2.75) is 181 Å². The maximum absolute atomic E-state index is 10.2. The molecule has 82 heavy (non-hydrogen) atoms. The van der Waals surface area contributed by atoms with Gasteiger partial charge in [-0.15, -0.1) is 0 Å². The summed E-state index contributed by atoms with van der Waals surface area (Å²) in [6.45, 7) is 9.98. The zero-order chi connectivity index (χ0) is 58.0. The third kappa shape index (κ3) is 13.5. The highest BCUT2D eigenvalue weighted by Crippen LogP contribution is 2.55. The molecule has 6 aromatic carbocycles. The van der Waals surface area contributed by atoms with Gasteiger partial charge in [-0.1, -0.05) is 131 Å². The van der Waals surface area contributed by atoms with Crippen molar-refractivity contribution in [3.63, 3.8) is 0 Å². The molecule has 440 valence electrons. The quantitative estimate of drug-likeness (QED) is 0.0672. The van der Waals surface area contributed by atoms with E-state index in [1.807, 2.05) is 24.3 Å². The molecule has 0 bridgehead atoms. The number of methoxy groups -OCH3 is 4. The summed E-state index contributed by atoms with van der Waals surface area (Å²) < 4.78 is 22.2. The van der Waals surface area contributed by atoms with E-state index in [0.29, 0.717) is 52.4 Å². The molecule has 0 amide bonds. The summed E-state index contributed by atoms with van der Waals surface area (Å²) >= 11 is 0. The van der Waals surface area contributed by atoms with Crippen molar-refractivity contribution in [1.82, 2.24) is 0 Å². The lowest BCUT2D eigenvalue weighted by Crippen LogP contribution is -2.36. The second kappa shape index (κ2) is 27.8. The number of hydrogen-bond acceptors (Lipinski definition) is 8. The predicted molar refractivity (Wildman–Crippen MR) is 333 cm³/mol. The Balaban J connectivity index is 0.000000199. The number of aliphatic hydroxyl groups excluding tert-OH is 4. The first-order valence-corrected chi connectivity index (χ1v) is 31.1. The summed E-state index contributed by atoms with van der Waals surface area (Å²) in [7, 11) is 6.66. The van der Waals surface area contributed by atoms with Crippen molar-refractivity contribution in [2.75, 3.05) is 28.4 Å². The van der Waals surface area contributed by atoms with E-state index in [1.54, 1.807) is 28.4 Å². The fourth-order valence-electron chi connectivity index (χ4n) is 16.0. The van der Waals surface area contributed by atoms with E-state index < -0.39 is 0 Å². The van der Waals surface area contributed by atoms with Gasteiger partial charge < -0.3 is 39.4 Å². The third-order valence-electron chi connectivity index (χ3n) is 21.4. The topological polar surface area (TPSA) is 118 Å². The van der Waals surface area contributed by atoms with Crippen molar-refractivity contribution < 1.29 is 39.4 Å². The van der Waals surface area contributed by atoms with Crippen LogP contribution in [-0.2, 0) is 26.4 Å². The van der Waals surface area contributed by atoms with Gasteiger partial charge in [0.05, 0.1) is 54.9 Å². The first kappa shape index (κ1) is 60.9. The normalized spacial score (nSPS) is 23.3. The average molecular weight is 1110 g/mol. The fraction of sp³-hybridized carbons (Fsp3) is 0.514. The lowest BCUT2D eigenvalue weighted by atomic mass is 9.58. The highest BCUT2D eigenvalue weighted by Gasteiger charge is 2.43. The second-order valence-electron chi connectivity index (χ2n) is 25.8. The van der Waals surface area contributed by atoms with Gasteiger partial charge in [0.15, 0.2) is 11.5 Å². The standard InChI is InChI=1S/C41H48O2.C33H48O6/c1-41(2,38-20-14-31(15-21-38)35-7-4-6-34(26-35)30-12-10-29(28-42)11-13-30)39-22-16-32(17-23-39)36-8-5-9-37(27-36)33-18-24-40(43-3)25-19-33;1-33(2,24-11-6-21(7-12-24)26-16-17-30(37-3)32(39-5)29(26)20-36)25-13-8-22(9-14-25)27-15-10-23(18-34)28(19-35)31(27)38-4/h4-13,18-19,24-27,31-32,38-39,42H,14-17,20-23,28H2,1-3H3;10,15-17,21-22,24-25,34-36H,6-9,11-14,18-20H2,1-5H3. The van der Waals surface area contributed by atoms with Crippen molar-refractivity contribution in [1.29, 1.82) is 0 Å². The van der Waals surface area contributed by atoms with E-state index in [2.05, 4.69) is 125 Å². The Morgan fingerprint density at radius 1 is 0.366 bits per heavy atom. The van der Waals surface area contributed by atoms with Crippen LogP contribution >= 0.6 is 0 Å². The maximum atomic E-state index is 10.2. The van der Waals surface area contributed by atoms with Gasteiger partial charge in [0.25, 0.3) is 0 Å². The first-order chi connectivity index (χ1) is 39.8. The molecule has 0 heterocycles. The zero-order valence-corrected chi connectivity index (χ0v) is 50.7. The maximum Gasteiger partial charge on any atom is 0.166 e. The van der Waals surface area contributed by atoms with Gasteiger partial charge in [-0.05, 0) is 235 Å². The molecule has 4 N–H and O–H groups in total. The molecule has 0 atom stereocenters. The van der Waals surface area contributed by atoms with Crippen LogP contribution in [0, 0.1) is 34.5 Å². The Hall–Kier alpha value is -5.64. The molecule has 0 unspecified atom stereocenters. The van der Waals surface area contributed by atoms with Crippen LogP contribution in [0.5, 0.6) is 23.0 Å². The van der Waals surface area contributed by atoms with Crippen LogP contribution in [0.4, 0.5) is 0 Å². The van der Waals surface area contributed by atoms with E-state index in [4.69, 9.17) is 18.9 Å². The molecule has 0 radical (unpaired) electrons. The largest absolute Gasteiger partial charge is 0.497 e. The van der Waals surface area contributed by atoms with Crippen LogP contribution in [0.15, 0.2) is 121 Å². The Morgan fingerprint density at radius 3 is 1.20 bits per heavy atom. The van der Waals surface area contributed by atoms with E-state index in [0.717, 1.165) is 71.3 Å². The molecule has 4 saturated carbocycles. The van der Waals surface area contributed by atoms with Gasteiger partial charge in [-0.2, -0.15) is 0 Å². The summed E-state index contributed by atoms with van der Waals surface area (Å²) in [5, 5.41) is 39.2. The first-order valence-electron chi connectivity index (χ1n) is 31.1. The van der Waals surface area contributed by atoms with Gasteiger partial charge >= 0.3 is 0 Å². The molecule has 4 fully saturated rings. The Kier molecular flexibility index (Phi) is 20.7. The third-order valence-corrected chi connectivity index (χ3v) is 21.4. The predicted octanol–water partition coefficient (Wildman–Crippen LogP) is 17.3. The lowest BCUT2D eigenvalue weighted by molar-refractivity contribution is 0.0510. The SMILES string of the molecule is COc1ccc(-c2cccc(C3CCC(C(C)(C)C4CCC(c5cccc(-c6ccc(CO)cc6)c5)CC4)CC3)c2)cc1.COc1ccc(C2CCC(C(C)(C)C3CCC(c4ccc(CO)c(CO)c4OC)CC3)CC2)c(CO)c1OC. The van der Waals surface area contributed by atoms with E-state index in [-0.39, 0.29) is 31.8 Å². The highest BCUT2D eigenvalue weighted by molar-refractivity contribution is 5.66. The van der Waals surface area contributed by atoms with Gasteiger partial charge in [-0.3, -0.25) is 0 Å². The van der Waals surface area contributed by atoms with Crippen LogP contribution in [0.3, 0.4) is 0 Å². The minimum atomic E-state index is -0.124. The van der Waals surface area contributed by atoms with Crippen LogP contribution in [-0.4, -0.2) is 48.9 Å². The summed E-state index contributed by atoms with van der Waals surface area (Å²) in [4.78, 5) is 0. The number of aliphatic hydroxyl groups is 4. The molecule has 4 aliphatic carbocycles. The Morgan fingerprint density at radius 2 is 0.793 bits per heavy atom.